The number of hydrogen-bond donors (Lipinski definition) is 1. The summed E-state index contributed by atoms with van der Waals surface area (Å²) >= 11 is 0. The van der Waals surface area contributed by atoms with Gasteiger partial charge in [0.05, 0.1) is 0 Å². The molecule has 1 aliphatic rings. The van der Waals surface area contributed by atoms with Crippen molar-refractivity contribution in [3.8, 4) is 5.75 Å². The Labute approximate surface area is 98.0 Å². The van der Waals surface area contributed by atoms with Gasteiger partial charge in [0.15, 0.2) is 0 Å². The predicted molar refractivity (Wildman–Crippen MR) is 67.1 cm³/mol. The third-order valence-electron chi connectivity index (χ3n) is 3.14. The summed E-state index contributed by atoms with van der Waals surface area (Å²) in [5.41, 5.74) is 1.31. The molecule has 1 aromatic rings. The molecule has 0 amide bonds. The van der Waals surface area contributed by atoms with Crippen LogP contribution in [-0.4, -0.2) is 19.2 Å². The van der Waals surface area contributed by atoms with E-state index in [4.69, 9.17) is 4.74 Å². The molecule has 1 fully saturated rings. The van der Waals surface area contributed by atoms with Gasteiger partial charge >= 0.3 is 0 Å². The van der Waals surface area contributed by atoms with E-state index >= 15 is 0 Å². The first-order chi connectivity index (χ1) is 7.77. The quantitative estimate of drug-likeness (QED) is 0.840. The summed E-state index contributed by atoms with van der Waals surface area (Å²) < 4.78 is 5.92. The first kappa shape index (κ1) is 11.5. The Kier molecular flexibility index (Phi) is 3.83. The molecule has 1 aliphatic heterocycles. The highest BCUT2D eigenvalue weighted by atomic mass is 16.5. The molecule has 2 nitrogen and oxygen atoms in total. The fraction of sp³-hybridized carbons (Fsp3) is 0.571. The molecule has 1 N–H and O–H groups in total. The molecule has 1 saturated heterocycles. The minimum atomic E-state index is 0.521. The number of rotatable bonds is 4. The van der Waals surface area contributed by atoms with Gasteiger partial charge < -0.3 is 10.1 Å². The zero-order valence-electron chi connectivity index (χ0n) is 10.2. The zero-order chi connectivity index (χ0) is 11.4. The van der Waals surface area contributed by atoms with Crippen LogP contribution in [0.25, 0.3) is 0 Å². The highest BCUT2D eigenvalue weighted by Crippen LogP contribution is 2.26. The lowest BCUT2D eigenvalue weighted by Crippen LogP contribution is -2.28. The van der Waals surface area contributed by atoms with E-state index in [1.165, 1.54) is 18.4 Å². The lowest BCUT2D eigenvalue weighted by atomic mass is 10.0. The van der Waals surface area contributed by atoms with Crippen LogP contribution >= 0.6 is 0 Å². The van der Waals surface area contributed by atoms with Crippen molar-refractivity contribution in [3.63, 3.8) is 0 Å². The van der Waals surface area contributed by atoms with Gasteiger partial charge in [-0.3, -0.25) is 0 Å². The standard InChI is InChI=1S/C14H21NO/c1-11(2)13-7-3-4-8-14(13)16-10-12-6-5-9-15-12/h3-4,7-8,11-12,15H,5-6,9-10H2,1-2H3/t12-/m0/s1. The Morgan fingerprint density at radius 3 is 2.88 bits per heavy atom. The topological polar surface area (TPSA) is 21.3 Å². The maximum absolute atomic E-state index is 5.92. The Balaban J connectivity index is 1.97. The van der Waals surface area contributed by atoms with Crippen LogP contribution < -0.4 is 10.1 Å². The Morgan fingerprint density at radius 1 is 1.38 bits per heavy atom. The van der Waals surface area contributed by atoms with Crippen LogP contribution in [0.5, 0.6) is 5.75 Å². The average Bonchev–Trinajstić information content (AvgIpc) is 2.79. The molecule has 2 heteroatoms. The van der Waals surface area contributed by atoms with Crippen molar-refractivity contribution in [2.45, 2.75) is 38.6 Å². The van der Waals surface area contributed by atoms with Crippen LogP contribution in [0.1, 0.15) is 38.2 Å². The summed E-state index contributed by atoms with van der Waals surface area (Å²) in [4.78, 5) is 0. The molecular formula is C14H21NO. The smallest absolute Gasteiger partial charge is 0.122 e. The van der Waals surface area contributed by atoms with Crippen LogP contribution in [0.15, 0.2) is 24.3 Å². The van der Waals surface area contributed by atoms with Crippen molar-refractivity contribution in [3.05, 3.63) is 29.8 Å². The monoisotopic (exact) mass is 219 g/mol. The van der Waals surface area contributed by atoms with E-state index in [0.29, 0.717) is 12.0 Å². The SMILES string of the molecule is CC(C)c1ccccc1OC[C@@H]1CCCN1. The largest absolute Gasteiger partial charge is 0.492 e. The number of ether oxygens (including phenoxy) is 1. The van der Waals surface area contributed by atoms with Crippen LogP contribution in [0.4, 0.5) is 0 Å². The predicted octanol–water partition coefficient (Wildman–Crippen LogP) is 2.94. The normalized spacial score (nSPS) is 20.3. The van der Waals surface area contributed by atoms with E-state index in [1.54, 1.807) is 0 Å². The number of nitrogens with one attached hydrogen (secondary N) is 1. The maximum atomic E-state index is 5.92. The number of hydrogen-bond acceptors (Lipinski definition) is 2. The third kappa shape index (κ3) is 2.76. The summed E-state index contributed by atoms with van der Waals surface area (Å²) in [7, 11) is 0. The summed E-state index contributed by atoms with van der Waals surface area (Å²) in [5, 5.41) is 3.45. The number of benzene rings is 1. The third-order valence-corrected chi connectivity index (χ3v) is 3.14. The van der Waals surface area contributed by atoms with Gasteiger partial charge in [-0.25, -0.2) is 0 Å². The minimum Gasteiger partial charge on any atom is -0.492 e. The molecule has 0 spiro atoms. The summed E-state index contributed by atoms with van der Waals surface area (Å²) in [6.07, 6.45) is 2.52. The minimum absolute atomic E-state index is 0.521. The Bertz CT molecular complexity index is 329. The van der Waals surface area contributed by atoms with Crippen molar-refractivity contribution in [2.75, 3.05) is 13.2 Å². The van der Waals surface area contributed by atoms with Gasteiger partial charge in [-0.05, 0) is 36.9 Å². The molecule has 88 valence electrons. The van der Waals surface area contributed by atoms with Gasteiger partial charge in [-0.2, -0.15) is 0 Å². The summed E-state index contributed by atoms with van der Waals surface area (Å²) in [6.45, 7) is 6.34. The van der Waals surface area contributed by atoms with E-state index in [-0.39, 0.29) is 0 Å². The van der Waals surface area contributed by atoms with Gasteiger partial charge in [-0.1, -0.05) is 32.0 Å². The highest BCUT2D eigenvalue weighted by Gasteiger charge is 2.15. The molecule has 1 heterocycles. The molecule has 2 rings (SSSR count). The fourth-order valence-corrected chi connectivity index (χ4v) is 2.18. The summed E-state index contributed by atoms with van der Waals surface area (Å²) in [5.74, 6) is 1.57. The molecule has 0 unspecified atom stereocenters. The molecule has 0 radical (unpaired) electrons. The number of para-hydroxylation sites is 1. The van der Waals surface area contributed by atoms with Gasteiger partial charge in [0.1, 0.15) is 12.4 Å². The van der Waals surface area contributed by atoms with Crippen molar-refractivity contribution in [1.29, 1.82) is 0 Å². The van der Waals surface area contributed by atoms with Crippen LogP contribution in [0.2, 0.25) is 0 Å². The zero-order valence-corrected chi connectivity index (χ0v) is 10.2. The van der Waals surface area contributed by atoms with Crippen molar-refractivity contribution in [2.24, 2.45) is 0 Å². The van der Waals surface area contributed by atoms with Gasteiger partial charge in [-0.15, -0.1) is 0 Å². The van der Waals surface area contributed by atoms with Gasteiger partial charge in [0.25, 0.3) is 0 Å². The Hall–Kier alpha value is -1.02. The molecule has 0 aromatic heterocycles. The first-order valence-electron chi connectivity index (χ1n) is 6.22. The van der Waals surface area contributed by atoms with Gasteiger partial charge in [0.2, 0.25) is 0 Å². The van der Waals surface area contributed by atoms with Crippen LogP contribution in [0, 0.1) is 0 Å². The van der Waals surface area contributed by atoms with Crippen LogP contribution in [-0.2, 0) is 0 Å². The molecular weight excluding hydrogens is 198 g/mol. The molecule has 0 aliphatic carbocycles. The van der Waals surface area contributed by atoms with E-state index in [9.17, 15) is 0 Å². The lowest BCUT2D eigenvalue weighted by Gasteiger charge is -2.16. The van der Waals surface area contributed by atoms with E-state index in [2.05, 4.69) is 37.4 Å². The second-order valence-corrected chi connectivity index (χ2v) is 4.80. The second-order valence-electron chi connectivity index (χ2n) is 4.80. The molecule has 16 heavy (non-hydrogen) atoms. The average molecular weight is 219 g/mol. The lowest BCUT2D eigenvalue weighted by molar-refractivity contribution is 0.274. The van der Waals surface area contributed by atoms with Crippen molar-refractivity contribution >= 4 is 0 Å². The van der Waals surface area contributed by atoms with E-state index < -0.39 is 0 Å². The Morgan fingerprint density at radius 2 is 2.19 bits per heavy atom. The van der Waals surface area contributed by atoms with Crippen LogP contribution in [0.3, 0.4) is 0 Å². The maximum Gasteiger partial charge on any atom is 0.122 e. The summed E-state index contributed by atoms with van der Waals surface area (Å²) in [6, 6.07) is 8.89. The van der Waals surface area contributed by atoms with Crippen molar-refractivity contribution in [1.82, 2.24) is 5.32 Å². The molecule has 1 aromatic carbocycles. The second kappa shape index (κ2) is 5.35. The van der Waals surface area contributed by atoms with Gasteiger partial charge in [0, 0.05) is 6.04 Å². The van der Waals surface area contributed by atoms with E-state index in [0.717, 1.165) is 18.9 Å². The highest BCUT2D eigenvalue weighted by molar-refractivity contribution is 5.35. The van der Waals surface area contributed by atoms with Crippen molar-refractivity contribution < 1.29 is 4.74 Å². The first-order valence-corrected chi connectivity index (χ1v) is 6.22. The molecule has 0 saturated carbocycles. The molecule has 0 bridgehead atoms. The van der Waals surface area contributed by atoms with E-state index in [1.807, 2.05) is 6.07 Å². The fourth-order valence-electron chi connectivity index (χ4n) is 2.18. The molecule has 1 atom stereocenters.